The Morgan fingerprint density at radius 2 is 2.12 bits per heavy atom. The third-order valence-corrected chi connectivity index (χ3v) is 7.06. The molecule has 6 heteroatoms. The number of halogens is 1. The monoisotopic (exact) mass is 475 g/mol. The SMILES string of the molecule is CCS(=O)C1CCCC(NC(=NC)NCC2Cc3ccccc32)C1.I. The molecule has 25 heavy (non-hydrogen) atoms. The number of fused-ring (bicyclic) bond motifs is 1. The van der Waals surface area contributed by atoms with Crippen molar-refractivity contribution in [3.63, 3.8) is 0 Å². The molecule has 2 N–H and O–H groups in total. The second-order valence-electron chi connectivity index (χ2n) is 6.85. The number of hydrogen-bond acceptors (Lipinski definition) is 2. The van der Waals surface area contributed by atoms with E-state index in [1.165, 1.54) is 11.1 Å². The fourth-order valence-corrected chi connectivity index (χ4v) is 5.25. The highest BCUT2D eigenvalue weighted by Gasteiger charge is 2.27. The maximum Gasteiger partial charge on any atom is 0.191 e. The molecule has 4 unspecified atom stereocenters. The average Bonchev–Trinajstić information content (AvgIpc) is 2.61. The van der Waals surface area contributed by atoms with Crippen LogP contribution in [-0.4, -0.2) is 40.8 Å². The zero-order valence-corrected chi connectivity index (χ0v) is 18.3. The van der Waals surface area contributed by atoms with E-state index in [-0.39, 0.29) is 24.0 Å². The van der Waals surface area contributed by atoms with Gasteiger partial charge in [-0.1, -0.05) is 37.6 Å². The van der Waals surface area contributed by atoms with Gasteiger partial charge in [-0.3, -0.25) is 9.20 Å². The zero-order chi connectivity index (χ0) is 16.9. The van der Waals surface area contributed by atoms with Crippen molar-refractivity contribution in [1.29, 1.82) is 0 Å². The minimum Gasteiger partial charge on any atom is -0.356 e. The number of nitrogens with one attached hydrogen (secondary N) is 2. The zero-order valence-electron chi connectivity index (χ0n) is 15.2. The topological polar surface area (TPSA) is 53.5 Å². The lowest BCUT2D eigenvalue weighted by atomic mass is 9.78. The van der Waals surface area contributed by atoms with Gasteiger partial charge in [-0.25, -0.2) is 0 Å². The van der Waals surface area contributed by atoms with Gasteiger partial charge in [0.25, 0.3) is 0 Å². The first-order valence-electron chi connectivity index (χ1n) is 9.13. The van der Waals surface area contributed by atoms with E-state index in [2.05, 4.69) is 39.9 Å². The van der Waals surface area contributed by atoms with Crippen LogP contribution in [0.5, 0.6) is 0 Å². The minimum absolute atomic E-state index is 0. The van der Waals surface area contributed by atoms with Crippen LogP contribution in [-0.2, 0) is 17.2 Å². The molecule has 1 fully saturated rings. The predicted octanol–water partition coefficient (Wildman–Crippen LogP) is 3.19. The smallest absolute Gasteiger partial charge is 0.191 e. The number of guanidine groups is 1. The van der Waals surface area contributed by atoms with Gasteiger partial charge >= 0.3 is 0 Å². The molecule has 0 saturated heterocycles. The van der Waals surface area contributed by atoms with Gasteiger partial charge in [0, 0.05) is 47.4 Å². The van der Waals surface area contributed by atoms with E-state index in [9.17, 15) is 4.21 Å². The molecule has 2 aliphatic carbocycles. The minimum atomic E-state index is -0.679. The van der Waals surface area contributed by atoms with Crippen molar-refractivity contribution in [3.8, 4) is 0 Å². The Morgan fingerprint density at radius 3 is 2.84 bits per heavy atom. The maximum atomic E-state index is 12.1. The summed E-state index contributed by atoms with van der Waals surface area (Å²) in [5.41, 5.74) is 2.95. The predicted molar refractivity (Wildman–Crippen MR) is 118 cm³/mol. The Labute approximate surface area is 171 Å². The van der Waals surface area contributed by atoms with Crippen LogP contribution in [0.3, 0.4) is 0 Å². The fraction of sp³-hybridized carbons (Fsp3) is 0.632. The average molecular weight is 475 g/mol. The number of nitrogens with zero attached hydrogens (tertiary/aromatic N) is 1. The quantitative estimate of drug-likeness (QED) is 0.391. The molecule has 2 aliphatic rings. The highest BCUT2D eigenvalue weighted by atomic mass is 127. The van der Waals surface area contributed by atoms with Crippen molar-refractivity contribution in [1.82, 2.24) is 10.6 Å². The van der Waals surface area contributed by atoms with Crippen LogP contribution >= 0.6 is 24.0 Å². The van der Waals surface area contributed by atoms with Gasteiger partial charge in [-0.05, 0) is 36.8 Å². The van der Waals surface area contributed by atoms with Gasteiger partial charge < -0.3 is 10.6 Å². The Bertz CT molecular complexity index is 622. The molecule has 0 bridgehead atoms. The van der Waals surface area contributed by atoms with E-state index < -0.39 is 10.8 Å². The molecule has 0 heterocycles. The number of hydrogen-bond donors (Lipinski definition) is 2. The van der Waals surface area contributed by atoms with Crippen LogP contribution in [0.1, 0.15) is 49.7 Å². The molecule has 4 atom stereocenters. The Morgan fingerprint density at radius 1 is 1.32 bits per heavy atom. The van der Waals surface area contributed by atoms with Gasteiger partial charge in [-0.15, -0.1) is 24.0 Å². The summed E-state index contributed by atoms with van der Waals surface area (Å²) in [6.07, 6.45) is 5.55. The van der Waals surface area contributed by atoms with Crippen molar-refractivity contribution in [2.45, 2.75) is 56.2 Å². The van der Waals surface area contributed by atoms with Crippen molar-refractivity contribution >= 4 is 40.7 Å². The van der Waals surface area contributed by atoms with Gasteiger partial charge in [0.2, 0.25) is 0 Å². The Balaban J connectivity index is 0.00000225. The second-order valence-corrected chi connectivity index (χ2v) is 8.86. The summed E-state index contributed by atoms with van der Waals surface area (Å²) in [6.45, 7) is 2.94. The summed E-state index contributed by atoms with van der Waals surface area (Å²) in [5.74, 6) is 2.24. The van der Waals surface area contributed by atoms with E-state index in [1.54, 1.807) is 0 Å². The van der Waals surface area contributed by atoms with Gasteiger partial charge in [0.15, 0.2) is 5.96 Å². The second kappa shape index (κ2) is 9.90. The first-order chi connectivity index (χ1) is 11.7. The molecule has 140 valence electrons. The summed E-state index contributed by atoms with van der Waals surface area (Å²) in [5, 5.41) is 7.37. The largest absolute Gasteiger partial charge is 0.356 e. The summed E-state index contributed by atoms with van der Waals surface area (Å²) in [6, 6.07) is 9.07. The third-order valence-electron chi connectivity index (χ3n) is 5.32. The molecule has 0 radical (unpaired) electrons. The lowest BCUT2D eigenvalue weighted by Crippen LogP contribution is -2.48. The molecular formula is C19H30IN3OS. The van der Waals surface area contributed by atoms with Crippen LogP contribution in [0.4, 0.5) is 0 Å². The van der Waals surface area contributed by atoms with Crippen molar-refractivity contribution in [3.05, 3.63) is 35.4 Å². The van der Waals surface area contributed by atoms with E-state index >= 15 is 0 Å². The van der Waals surface area contributed by atoms with Crippen molar-refractivity contribution in [2.24, 2.45) is 4.99 Å². The van der Waals surface area contributed by atoms with Crippen molar-refractivity contribution in [2.75, 3.05) is 19.3 Å². The van der Waals surface area contributed by atoms with E-state index in [0.29, 0.717) is 17.2 Å². The van der Waals surface area contributed by atoms with Crippen LogP contribution in [0.2, 0.25) is 0 Å². The summed E-state index contributed by atoms with van der Waals surface area (Å²) < 4.78 is 12.1. The molecule has 0 aromatic heterocycles. The molecule has 1 saturated carbocycles. The molecule has 1 aromatic rings. The van der Waals surface area contributed by atoms with E-state index in [4.69, 9.17) is 0 Å². The van der Waals surface area contributed by atoms with Gasteiger partial charge in [0.05, 0.1) is 0 Å². The molecule has 0 amide bonds. The van der Waals surface area contributed by atoms with Crippen LogP contribution in [0, 0.1) is 0 Å². The molecule has 3 rings (SSSR count). The van der Waals surface area contributed by atoms with Crippen LogP contribution < -0.4 is 10.6 Å². The molecule has 0 aliphatic heterocycles. The third kappa shape index (κ3) is 5.18. The van der Waals surface area contributed by atoms with Gasteiger partial charge in [-0.2, -0.15) is 0 Å². The Hall–Kier alpha value is -0.630. The van der Waals surface area contributed by atoms with Gasteiger partial charge in [0.1, 0.15) is 0 Å². The molecule has 0 spiro atoms. The van der Waals surface area contributed by atoms with E-state index in [0.717, 1.165) is 50.4 Å². The number of aliphatic imine (C=N–C) groups is 1. The normalized spacial score (nSPS) is 26.6. The van der Waals surface area contributed by atoms with Crippen molar-refractivity contribution < 1.29 is 4.21 Å². The highest BCUT2D eigenvalue weighted by Crippen LogP contribution is 2.34. The standard InChI is InChI=1S/C19H29N3OS.HI/c1-3-24(23)17-9-6-8-16(12-17)22-19(20-2)21-13-15-11-14-7-4-5-10-18(14)15;/h4-5,7,10,15-17H,3,6,8-9,11-13H2,1-2H3,(H2,20,21,22);1H. The maximum absolute atomic E-state index is 12.1. The lowest BCUT2D eigenvalue weighted by Gasteiger charge is -2.32. The first-order valence-corrected chi connectivity index (χ1v) is 10.5. The summed E-state index contributed by atoms with van der Waals surface area (Å²) in [4.78, 5) is 4.38. The van der Waals surface area contributed by atoms with Crippen LogP contribution in [0.15, 0.2) is 29.3 Å². The number of benzene rings is 1. The summed E-state index contributed by atoms with van der Waals surface area (Å²) >= 11 is 0. The Kier molecular flexibility index (Phi) is 8.19. The molecule has 1 aromatic carbocycles. The van der Waals surface area contributed by atoms with E-state index in [1.807, 2.05) is 14.0 Å². The molecular weight excluding hydrogens is 445 g/mol. The highest BCUT2D eigenvalue weighted by molar-refractivity contribution is 14.0. The lowest BCUT2D eigenvalue weighted by molar-refractivity contribution is 0.412. The summed E-state index contributed by atoms with van der Waals surface area (Å²) in [7, 11) is 1.15. The number of rotatable bonds is 5. The fourth-order valence-electron chi connectivity index (χ4n) is 3.90. The van der Waals surface area contributed by atoms with Crippen LogP contribution in [0.25, 0.3) is 0 Å². The molecule has 4 nitrogen and oxygen atoms in total. The first kappa shape index (κ1) is 20.7.